The molecule has 0 unspecified atom stereocenters. The molecule has 6 rings (SSSR count). The Morgan fingerprint density at radius 3 is 1.20 bits per heavy atom. The van der Waals surface area contributed by atoms with Gasteiger partial charge in [0.05, 0.1) is 50.1 Å². The molecule has 0 spiro atoms. The summed E-state index contributed by atoms with van der Waals surface area (Å²) < 4.78 is 126. The summed E-state index contributed by atoms with van der Waals surface area (Å²) in [4.78, 5) is 0. The molecule has 10 heteroatoms. The van der Waals surface area contributed by atoms with Crippen molar-refractivity contribution in [3.63, 3.8) is 0 Å². The van der Waals surface area contributed by atoms with Crippen LogP contribution in [-0.2, 0) is 22.7 Å². The molecular weight excluding hydrogens is 544 g/mol. The van der Waals surface area contributed by atoms with Gasteiger partial charge in [0.2, 0.25) is 0 Å². The highest BCUT2D eigenvalue weighted by molar-refractivity contribution is 5.30. The van der Waals surface area contributed by atoms with Crippen molar-refractivity contribution in [1.29, 1.82) is 0 Å². The highest BCUT2D eigenvalue weighted by atomic mass is 19.3. The maximum Gasteiger partial charge on any atom is 0.258 e. The fourth-order valence-corrected chi connectivity index (χ4v) is 6.41. The summed E-state index contributed by atoms with van der Waals surface area (Å²) in [5.74, 6) is -26.3. The molecule has 0 amide bonds. The summed E-state index contributed by atoms with van der Waals surface area (Å²) in [6.45, 7) is -0.675. The molecular formula is C30H28F8O2. The second-order valence-corrected chi connectivity index (χ2v) is 11.5. The molecule has 4 aliphatic carbocycles. The van der Waals surface area contributed by atoms with E-state index in [1.54, 1.807) is 60.7 Å². The van der Waals surface area contributed by atoms with Crippen molar-refractivity contribution in [2.45, 2.75) is 36.9 Å². The Morgan fingerprint density at radius 2 is 0.850 bits per heavy atom. The van der Waals surface area contributed by atoms with Gasteiger partial charge in [-0.2, -0.15) is 0 Å². The summed E-state index contributed by atoms with van der Waals surface area (Å²) in [5, 5.41) is 0. The van der Waals surface area contributed by atoms with E-state index in [2.05, 4.69) is 0 Å². The van der Waals surface area contributed by atoms with Crippen molar-refractivity contribution in [2.75, 3.05) is 13.2 Å². The first-order chi connectivity index (χ1) is 18.9. The average molecular weight is 573 g/mol. The molecule has 0 heterocycles. The van der Waals surface area contributed by atoms with Gasteiger partial charge in [-0.1, -0.05) is 72.8 Å². The summed E-state index contributed by atoms with van der Waals surface area (Å²) >= 11 is 0. The number of rotatable bonds is 12. The zero-order valence-corrected chi connectivity index (χ0v) is 21.2. The number of allylic oxidation sites excluding steroid dienone is 2. The highest BCUT2D eigenvalue weighted by Crippen LogP contribution is 2.75. The van der Waals surface area contributed by atoms with Gasteiger partial charge in [-0.15, -0.1) is 0 Å². The van der Waals surface area contributed by atoms with Gasteiger partial charge >= 0.3 is 0 Å². The standard InChI is InChI=1S/C30H28F8O2/c31-27(32)19(23(27)25-21(29(25,35)36)15-39-13-17-7-3-1-4-8-17)11-12-20-24(28(20,33)34)26-22(30(26,37)38)16-40-14-18-9-5-2-6-10-18/h1-12,19-26H,13-16H2/b12-11+/t19-,20+,21+,22-,23+,24-,25-,26+. The molecule has 4 saturated carbocycles. The minimum atomic E-state index is -3.48. The Kier molecular flexibility index (Phi) is 6.61. The predicted molar refractivity (Wildman–Crippen MR) is 129 cm³/mol. The summed E-state index contributed by atoms with van der Waals surface area (Å²) in [6.07, 6.45) is 1.67. The number of halogens is 8. The van der Waals surface area contributed by atoms with Gasteiger partial charge in [-0.25, -0.2) is 35.1 Å². The normalized spacial score (nSPS) is 37.3. The van der Waals surface area contributed by atoms with Crippen LogP contribution in [0.4, 0.5) is 35.1 Å². The number of hydrogen-bond donors (Lipinski definition) is 0. The molecule has 0 bridgehead atoms. The Balaban J connectivity index is 1.03. The second-order valence-electron chi connectivity index (χ2n) is 11.5. The van der Waals surface area contributed by atoms with Gasteiger partial charge in [0.1, 0.15) is 0 Å². The van der Waals surface area contributed by atoms with Crippen LogP contribution in [0.1, 0.15) is 11.1 Å². The summed E-state index contributed by atoms with van der Waals surface area (Å²) in [5.41, 5.74) is 1.51. The first kappa shape index (κ1) is 27.7. The molecule has 0 N–H and O–H groups in total. The van der Waals surface area contributed by atoms with Crippen molar-refractivity contribution in [2.24, 2.45) is 47.3 Å². The Morgan fingerprint density at radius 1 is 0.500 bits per heavy atom. The average Bonchev–Trinajstić information content (AvgIpc) is 3.85. The van der Waals surface area contributed by atoms with Gasteiger partial charge in [0.15, 0.2) is 0 Å². The van der Waals surface area contributed by atoms with Crippen LogP contribution in [0.5, 0.6) is 0 Å². The lowest BCUT2D eigenvalue weighted by Gasteiger charge is -2.03. The number of benzene rings is 2. The van der Waals surface area contributed by atoms with Crippen LogP contribution < -0.4 is 0 Å². The van der Waals surface area contributed by atoms with Crippen LogP contribution in [0.3, 0.4) is 0 Å². The van der Waals surface area contributed by atoms with E-state index in [1.807, 2.05) is 0 Å². The summed E-state index contributed by atoms with van der Waals surface area (Å²) in [6, 6.07) is 17.6. The number of hydrogen-bond acceptors (Lipinski definition) is 2. The maximum atomic E-state index is 14.5. The third-order valence-electron chi connectivity index (χ3n) is 8.98. The first-order valence-corrected chi connectivity index (χ1v) is 13.3. The Bertz CT molecular complexity index is 1140. The molecule has 0 saturated heterocycles. The van der Waals surface area contributed by atoms with Gasteiger partial charge in [-0.05, 0) is 11.1 Å². The van der Waals surface area contributed by atoms with Gasteiger partial charge in [0, 0.05) is 23.7 Å². The second kappa shape index (κ2) is 9.54. The molecule has 8 atom stereocenters. The molecule has 216 valence electrons. The number of ether oxygens (including phenoxy) is 2. The molecule has 4 fully saturated rings. The fourth-order valence-electron chi connectivity index (χ4n) is 6.41. The minimum Gasteiger partial charge on any atom is -0.376 e. The van der Waals surface area contributed by atoms with E-state index < -0.39 is 84.2 Å². The van der Waals surface area contributed by atoms with Crippen molar-refractivity contribution >= 4 is 0 Å². The monoisotopic (exact) mass is 572 g/mol. The third-order valence-corrected chi connectivity index (χ3v) is 8.98. The lowest BCUT2D eigenvalue weighted by molar-refractivity contribution is 0.0388. The summed E-state index contributed by atoms with van der Waals surface area (Å²) in [7, 11) is 0. The van der Waals surface area contributed by atoms with Crippen molar-refractivity contribution in [1.82, 2.24) is 0 Å². The van der Waals surface area contributed by atoms with Crippen molar-refractivity contribution in [3.05, 3.63) is 83.9 Å². The third kappa shape index (κ3) is 4.74. The van der Waals surface area contributed by atoms with Crippen LogP contribution in [0.2, 0.25) is 0 Å². The van der Waals surface area contributed by atoms with Crippen LogP contribution in [0.25, 0.3) is 0 Å². The first-order valence-electron chi connectivity index (χ1n) is 13.3. The van der Waals surface area contributed by atoms with E-state index in [9.17, 15) is 35.1 Å². The molecule has 2 aromatic carbocycles. The smallest absolute Gasteiger partial charge is 0.258 e. The zero-order chi connectivity index (χ0) is 28.5. The topological polar surface area (TPSA) is 18.5 Å². The van der Waals surface area contributed by atoms with Crippen molar-refractivity contribution in [3.8, 4) is 0 Å². The van der Waals surface area contributed by atoms with Crippen LogP contribution >= 0.6 is 0 Å². The molecule has 2 aromatic rings. The van der Waals surface area contributed by atoms with E-state index in [0.717, 1.165) is 23.3 Å². The quantitative estimate of drug-likeness (QED) is 0.194. The number of alkyl halides is 8. The predicted octanol–water partition coefficient (Wildman–Crippen LogP) is 7.50. The Hall–Kier alpha value is -2.46. The molecule has 0 radical (unpaired) electrons. The van der Waals surface area contributed by atoms with E-state index in [-0.39, 0.29) is 13.2 Å². The van der Waals surface area contributed by atoms with Crippen LogP contribution in [0.15, 0.2) is 72.8 Å². The highest BCUT2D eigenvalue weighted by Gasteiger charge is 2.85. The lowest BCUT2D eigenvalue weighted by Crippen LogP contribution is -2.03. The van der Waals surface area contributed by atoms with Crippen LogP contribution in [0, 0.1) is 47.3 Å². The molecule has 2 nitrogen and oxygen atoms in total. The molecule has 40 heavy (non-hydrogen) atoms. The van der Waals surface area contributed by atoms with E-state index in [0.29, 0.717) is 0 Å². The van der Waals surface area contributed by atoms with Crippen LogP contribution in [-0.4, -0.2) is 36.9 Å². The molecule has 4 aliphatic rings. The Labute approximate surface area is 226 Å². The van der Waals surface area contributed by atoms with E-state index in [4.69, 9.17) is 9.47 Å². The zero-order valence-electron chi connectivity index (χ0n) is 21.2. The maximum absolute atomic E-state index is 14.5. The minimum absolute atomic E-state index is 0.0623. The largest absolute Gasteiger partial charge is 0.376 e. The van der Waals surface area contributed by atoms with Gasteiger partial charge in [-0.3, -0.25) is 0 Å². The van der Waals surface area contributed by atoms with Gasteiger partial charge < -0.3 is 9.47 Å². The van der Waals surface area contributed by atoms with Crippen molar-refractivity contribution < 1.29 is 44.6 Å². The molecule has 0 aliphatic heterocycles. The fraction of sp³-hybridized carbons (Fsp3) is 0.533. The molecule has 0 aromatic heterocycles. The SMILES string of the molecule is FC1(F)[C@H]([C@H]2[C@H](COCc3ccccc3)C2(F)F)[C@H]1/C=C/[C@H]1[C@H]([C@@H]2[C@@H](COCc3ccccc3)C2(F)F)C1(F)F. The van der Waals surface area contributed by atoms with E-state index in [1.165, 1.54) is 0 Å². The van der Waals surface area contributed by atoms with E-state index >= 15 is 0 Å². The van der Waals surface area contributed by atoms with Gasteiger partial charge in [0.25, 0.3) is 23.7 Å². The lowest BCUT2D eigenvalue weighted by atomic mass is 10.1.